The first-order chi connectivity index (χ1) is 15.8. The monoisotopic (exact) mass is 488 g/mol. The summed E-state index contributed by atoms with van der Waals surface area (Å²) in [5.41, 5.74) is 1.55. The van der Waals surface area contributed by atoms with Crippen LogP contribution in [0.5, 0.6) is 11.5 Å². The lowest BCUT2D eigenvalue weighted by Crippen LogP contribution is -2.32. The number of hydrogen-bond donors (Lipinski definition) is 1. The van der Waals surface area contributed by atoms with E-state index in [9.17, 15) is 14.7 Å². The highest BCUT2D eigenvalue weighted by Gasteiger charge is 2.23. The van der Waals surface area contributed by atoms with Gasteiger partial charge in [0, 0.05) is 17.0 Å². The molecule has 1 N–H and O–H groups in total. The average Bonchev–Trinajstić information content (AvgIpc) is 3.19. The molecule has 2 aromatic carbocycles. The second-order valence-electron chi connectivity index (χ2n) is 7.33. The van der Waals surface area contributed by atoms with Gasteiger partial charge in [0.25, 0.3) is 5.91 Å². The largest absolute Gasteiger partial charge is 0.495 e. The van der Waals surface area contributed by atoms with E-state index in [0.29, 0.717) is 33.5 Å². The van der Waals surface area contributed by atoms with E-state index >= 15 is 0 Å². The molecule has 0 atom stereocenters. The molecule has 9 heteroatoms. The van der Waals surface area contributed by atoms with Crippen LogP contribution in [0.3, 0.4) is 0 Å². The molecule has 0 aliphatic carbocycles. The molecule has 0 fully saturated rings. The summed E-state index contributed by atoms with van der Waals surface area (Å²) >= 11 is 7.53. The van der Waals surface area contributed by atoms with Gasteiger partial charge in [-0.2, -0.15) is 0 Å². The number of benzene rings is 2. The quantitative estimate of drug-likeness (QED) is 0.427. The number of amides is 1. The van der Waals surface area contributed by atoms with E-state index in [2.05, 4.69) is 4.98 Å². The molecule has 174 valence electrons. The SMILES string of the molecule is COc1cc(C(=O)N(CCCc2ccccc2)Cc2nc(C(=O)O)c(C)s2)cc(OC)c1Cl. The van der Waals surface area contributed by atoms with Gasteiger partial charge in [0.2, 0.25) is 0 Å². The number of rotatable bonds is 10. The van der Waals surface area contributed by atoms with Crippen molar-refractivity contribution in [1.82, 2.24) is 9.88 Å². The fourth-order valence-electron chi connectivity index (χ4n) is 3.43. The molecular weight excluding hydrogens is 464 g/mol. The molecule has 0 aliphatic rings. The molecule has 1 amide bonds. The number of ether oxygens (including phenoxy) is 2. The molecule has 3 aromatic rings. The predicted octanol–water partition coefficient (Wildman–Crippen LogP) is 5.10. The molecule has 33 heavy (non-hydrogen) atoms. The zero-order valence-corrected chi connectivity index (χ0v) is 20.2. The third-order valence-electron chi connectivity index (χ3n) is 5.09. The molecule has 0 saturated carbocycles. The Balaban J connectivity index is 1.87. The zero-order valence-electron chi connectivity index (χ0n) is 18.6. The Kier molecular flexibility index (Phi) is 8.30. The van der Waals surface area contributed by atoms with Crippen LogP contribution in [-0.4, -0.2) is 47.6 Å². The van der Waals surface area contributed by atoms with Crippen LogP contribution in [0.1, 0.15) is 42.7 Å². The average molecular weight is 489 g/mol. The Morgan fingerprint density at radius 2 is 1.76 bits per heavy atom. The van der Waals surface area contributed by atoms with Crippen molar-refractivity contribution in [1.29, 1.82) is 0 Å². The van der Waals surface area contributed by atoms with Crippen molar-refractivity contribution in [3.05, 3.63) is 74.2 Å². The van der Waals surface area contributed by atoms with Crippen molar-refractivity contribution >= 4 is 34.8 Å². The number of aromatic carboxylic acids is 1. The number of halogens is 1. The van der Waals surface area contributed by atoms with Crippen LogP contribution in [0.25, 0.3) is 0 Å². The Morgan fingerprint density at radius 3 is 2.30 bits per heavy atom. The standard InChI is InChI=1S/C24H25ClN2O5S/c1-15-22(24(29)30)26-20(33-15)14-27(11-7-10-16-8-5-4-6-9-16)23(28)17-12-18(31-2)21(25)19(13-17)32-3/h4-6,8-9,12-13H,7,10-11,14H2,1-3H3,(H,29,30). The van der Waals surface area contributed by atoms with Gasteiger partial charge in [-0.25, -0.2) is 9.78 Å². The number of nitrogens with zero attached hydrogens (tertiary/aromatic N) is 2. The van der Waals surface area contributed by atoms with Gasteiger partial charge < -0.3 is 19.5 Å². The molecule has 0 radical (unpaired) electrons. The van der Waals surface area contributed by atoms with E-state index in [1.54, 1.807) is 24.0 Å². The fourth-order valence-corrected chi connectivity index (χ4v) is 4.63. The van der Waals surface area contributed by atoms with Gasteiger partial charge in [0.15, 0.2) is 5.69 Å². The van der Waals surface area contributed by atoms with Crippen LogP contribution >= 0.6 is 22.9 Å². The maximum absolute atomic E-state index is 13.5. The zero-order chi connectivity index (χ0) is 24.0. The highest BCUT2D eigenvalue weighted by Crippen LogP contribution is 2.35. The number of thiazole rings is 1. The van der Waals surface area contributed by atoms with Gasteiger partial charge in [-0.05, 0) is 37.5 Å². The van der Waals surface area contributed by atoms with Gasteiger partial charge >= 0.3 is 5.97 Å². The van der Waals surface area contributed by atoms with Gasteiger partial charge in [0.05, 0.1) is 20.8 Å². The second-order valence-corrected chi connectivity index (χ2v) is 8.99. The molecule has 0 bridgehead atoms. The summed E-state index contributed by atoms with van der Waals surface area (Å²) in [5, 5.41) is 10.2. The summed E-state index contributed by atoms with van der Waals surface area (Å²) in [7, 11) is 2.94. The first-order valence-corrected chi connectivity index (χ1v) is 11.5. The van der Waals surface area contributed by atoms with Crippen LogP contribution < -0.4 is 9.47 Å². The Morgan fingerprint density at radius 1 is 1.12 bits per heavy atom. The first-order valence-electron chi connectivity index (χ1n) is 10.3. The molecule has 0 aliphatic heterocycles. The summed E-state index contributed by atoms with van der Waals surface area (Å²) in [6.45, 7) is 2.36. The number of methoxy groups -OCH3 is 2. The van der Waals surface area contributed by atoms with E-state index in [0.717, 1.165) is 12.8 Å². The minimum atomic E-state index is -1.08. The summed E-state index contributed by atoms with van der Waals surface area (Å²) in [4.78, 5) is 31.4. The van der Waals surface area contributed by atoms with Crippen molar-refractivity contribution in [3.63, 3.8) is 0 Å². The minimum absolute atomic E-state index is 0.0153. The number of aryl methyl sites for hydroxylation is 2. The molecule has 1 aromatic heterocycles. The summed E-state index contributed by atoms with van der Waals surface area (Å²) in [6, 6.07) is 13.2. The minimum Gasteiger partial charge on any atom is -0.495 e. The van der Waals surface area contributed by atoms with Gasteiger partial charge in [-0.15, -0.1) is 11.3 Å². The molecule has 0 spiro atoms. The van der Waals surface area contributed by atoms with Crippen molar-refractivity contribution in [2.24, 2.45) is 0 Å². The number of carboxylic acids is 1. The lowest BCUT2D eigenvalue weighted by atomic mass is 10.1. The topological polar surface area (TPSA) is 89.0 Å². The second kappa shape index (κ2) is 11.2. The Hall–Kier alpha value is -3.10. The predicted molar refractivity (Wildman–Crippen MR) is 128 cm³/mol. The molecule has 0 unspecified atom stereocenters. The Labute approximate surface area is 201 Å². The van der Waals surface area contributed by atoms with Crippen LogP contribution in [0.2, 0.25) is 5.02 Å². The van der Waals surface area contributed by atoms with Crippen LogP contribution in [0.15, 0.2) is 42.5 Å². The highest BCUT2D eigenvalue weighted by molar-refractivity contribution is 7.11. The smallest absolute Gasteiger partial charge is 0.355 e. The lowest BCUT2D eigenvalue weighted by molar-refractivity contribution is 0.0690. The normalized spacial score (nSPS) is 10.7. The third-order valence-corrected chi connectivity index (χ3v) is 6.41. The van der Waals surface area contributed by atoms with Crippen molar-refractivity contribution in [2.45, 2.75) is 26.3 Å². The van der Waals surface area contributed by atoms with E-state index in [1.807, 2.05) is 30.3 Å². The van der Waals surface area contributed by atoms with Crippen molar-refractivity contribution in [3.8, 4) is 11.5 Å². The van der Waals surface area contributed by atoms with Crippen LogP contribution in [0, 0.1) is 6.92 Å². The molecule has 3 rings (SSSR count). The summed E-state index contributed by atoms with van der Waals surface area (Å²) < 4.78 is 10.6. The van der Waals surface area contributed by atoms with Crippen LogP contribution in [-0.2, 0) is 13.0 Å². The summed E-state index contributed by atoms with van der Waals surface area (Å²) in [6.07, 6.45) is 1.53. The van der Waals surface area contributed by atoms with Gasteiger partial charge in [-0.1, -0.05) is 41.9 Å². The van der Waals surface area contributed by atoms with Crippen molar-refractivity contribution < 1.29 is 24.2 Å². The maximum atomic E-state index is 13.5. The van der Waals surface area contributed by atoms with Crippen molar-refractivity contribution in [2.75, 3.05) is 20.8 Å². The maximum Gasteiger partial charge on any atom is 0.355 e. The van der Waals surface area contributed by atoms with E-state index in [1.165, 1.54) is 31.1 Å². The number of carbonyl (C=O) groups is 2. The number of carbonyl (C=O) groups excluding carboxylic acids is 1. The Bertz CT molecular complexity index is 1110. The van der Waals surface area contributed by atoms with Gasteiger partial charge in [-0.3, -0.25) is 4.79 Å². The van der Waals surface area contributed by atoms with E-state index in [4.69, 9.17) is 21.1 Å². The molecule has 0 saturated heterocycles. The summed E-state index contributed by atoms with van der Waals surface area (Å²) in [5.74, 6) is -0.658. The third kappa shape index (κ3) is 6.03. The molecule has 7 nitrogen and oxygen atoms in total. The van der Waals surface area contributed by atoms with Crippen LogP contribution in [0.4, 0.5) is 0 Å². The molecule has 1 heterocycles. The van der Waals surface area contributed by atoms with E-state index in [-0.39, 0.29) is 23.2 Å². The number of aromatic nitrogens is 1. The van der Waals surface area contributed by atoms with E-state index < -0.39 is 5.97 Å². The highest BCUT2D eigenvalue weighted by atomic mass is 35.5. The lowest BCUT2D eigenvalue weighted by Gasteiger charge is -2.23. The fraction of sp³-hybridized carbons (Fsp3) is 0.292. The van der Waals surface area contributed by atoms with Gasteiger partial charge in [0.1, 0.15) is 21.5 Å². The first kappa shape index (κ1) is 24.5. The molecular formula is C24H25ClN2O5S. The number of carboxylic acid groups (broad SMARTS) is 1. The number of hydrogen-bond acceptors (Lipinski definition) is 6.